The molecule has 0 aliphatic heterocycles. The molecule has 2 aromatic carbocycles. The van der Waals surface area contributed by atoms with Crippen molar-refractivity contribution in [3.05, 3.63) is 70.9 Å². The number of hydrogen-bond acceptors (Lipinski definition) is 6. The van der Waals surface area contributed by atoms with Gasteiger partial charge in [0.05, 0.1) is 29.5 Å². The van der Waals surface area contributed by atoms with Crippen LogP contribution in [-0.4, -0.2) is 45.6 Å². The Bertz CT molecular complexity index is 1270. The van der Waals surface area contributed by atoms with Gasteiger partial charge in [-0.25, -0.2) is 4.98 Å². The Hall–Kier alpha value is -3.65. The second-order valence-corrected chi connectivity index (χ2v) is 7.57. The average Bonchev–Trinajstić information content (AvgIpc) is 3.25. The number of pyridine rings is 1. The molecule has 0 aliphatic rings. The molecule has 2 heterocycles. The van der Waals surface area contributed by atoms with Crippen molar-refractivity contribution in [2.45, 2.75) is 20.3 Å². The van der Waals surface area contributed by atoms with E-state index < -0.39 is 0 Å². The minimum absolute atomic E-state index is 0.246. The van der Waals surface area contributed by atoms with Crippen LogP contribution in [0.2, 0.25) is 5.02 Å². The molecule has 8 nitrogen and oxygen atoms in total. The van der Waals surface area contributed by atoms with Gasteiger partial charge in [0.25, 0.3) is 5.91 Å². The Kier molecular flexibility index (Phi) is 7.04. The van der Waals surface area contributed by atoms with Gasteiger partial charge in [-0.05, 0) is 68.3 Å². The summed E-state index contributed by atoms with van der Waals surface area (Å²) < 4.78 is 12.8. The highest BCUT2D eigenvalue weighted by atomic mass is 35.5. The first-order valence-corrected chi connectivity index (χ1v) is 11.1. The number of fused-ring (bicyclic) bond motifs is 1. The number of hydrogen-bond donors (Lipinski definition) is 1. The van der Waals surface area contributed by atoms with Crippen molar-refractivity contribution >= 4 is 28.7 Å². The predicted octanol–water partition coefficient (Wildman–Crippen LogP) is 4.24. The molecule has 1 N–H and O–H groups in total. The van der Waals surface area contributed by atoms with Crippen molar-refractivity contribution in [1.29, 1.82) is 0 Å². The molecular formula is C24H24ClN5O3. The third-order valence-corrected chi connectivity index (χ3v) is 5.27. The van der Waals surface area contributed by atoms with Crippen molar-refractivity contribution in [3.63, 3.8) is 0 Å². The molecule has 4 rings (SSSR count). The SMILES string of the molecule is CCOc1ccc(CCNC(=O)c2ccc(-n3nnc4cccnc43)cc2Cl)cc1OCC. The Morgan fingerprint density at radius 3 is 2.67 bits per heavy atom. The third kappa shape index (κ3) is 5.06. The zero-order valence-electron chi connectivity index (χ0n) is 18.4. The number of aromatic nitrogens is 4. The van der Waals surface area contributed by atoms with E-state index in [0.717, 1.165) is 11.3 Å². The Labute approximate surface area is 196 Å². The summed E-state index contributed by atoms with van der Waals surface area (Å²) in [7, 11) is 0. The molecule has 33 heavy (non-hydrogen) atoms. The molecule has 170 valence electrons. The Balaban J connectivity index is 1.41. The number of rotatable bonds is 9. The number of amides is 1. The highest BCUT2D eigenvalue weighted by Crippen LogP contribution is 2.28. The van der Waals surface area contributed by atoms with E-state index in [9.17, 15) is 4.79 Å². The van der Waals surface area contributed by atoms with E-state index in [2.05, 4.69) is 20.6 Å². The lowest BCUT2D eigenvalue weighted by atomic mass is 10.1. The summed E-state index contributed by atoms with van der Waals surface area (Å²) in [5, 5.41) is 11.5. The predicted molar refractivity (Wildman–Crippen MR) is 126 cm³/mol. The normalized spacial score (nSPS) is 10.9. The first-order valence-electron chi connectivity index (χ1n) is 10.7. The van der Waals surface area contributed by atoms with Crippen LogP contribution in [0.4, 0.5) is 0 Å². The van der Waals surface area contributed by atoms with Gasteiger partial charge in [0, 0.05) is 12.7 Å². The van der Waals surface area contributed by atoms with E-state index in [1.54, 1.807) is 35.1 Å². The zero-order valence-corrected chi connectivity index (χ0v) is 19.2. The van der Waals surface area contributed by atoms with E-state index in [1.807, 2.05) is 38.1 Å². The van der Waals surface area contributed by atoms with Gasteiger partial charge in [-0.2, -0.15) is 4.68 Å². The lowest BCUT2D eigenvalue weighted by molar-refractivity contribution is 0.0954. The van der Waals surface area contributed by atoms with Gasteiger partial charge >= 0.3 is 0 Å². The van der Waals surface area contributed by atoms with E-state index in [1.165, 1.54) is 0 Å². The molecule has 0 spiro atoms. The third-order valence-electron chi connectivity index (χ3n) is 4.96. The molecule has 0 saturated carbocycles. The standard InChI is InChI=1S/C24H24ClN5O3/c1-3-32-21-10-7-16(14-22(21)33-4-2)11-13-27-24(31)18-9-8-17(15-19(18)25)30-23-20(28-29-30)6-5-12-26-23/h5-10,12,14-15H,3-4,11,13H2,1-2H3,(H,27,31). The summed E-state index contributed by atoms with van der Waals surface area (Å²) in [6.45, 7) is 5.43. The number of benzene rings is 2. The van der Waals surface area contributed by atoms with Gasteiger partial charge in [-0.3, -0.25) is 4.79 Å². The zero-order chi connectivity index (χ0) is 23.2. The summed E-state index contributed by atoms with van der Waals surface area (Å²) in [4.78, 5) is 17.0. The lowest BCUT2D eigenvalue weighted by Gasteiger charge is -2.13. The molecule has 2 aromatic heterocycles. The molecule has 0 aliphatic carbocycles. The molecule has 0 bridgehead atoms. The van der Waals surface area contributed by atoms with E-state index in [4.69, 9.17) is 21.1 Å². The minimum atomic E-state index is -0.246. The second kappa shape index (κ2) is 10.3. The van der Waals surface area contributed by atoms with Crippen LogP contribution in [0, 0.1) is 0 Å². The van der Waals surface area contributed by atoms with Crippen LogP contribution in [-0.2, 0) is 6.42 Å². The molecule has 4 aromatic rings. The van der Waals surface area contributed by atoms with Crippen molar-refractivity contribution in [1.82, 2.24) is 25.3 Å². The fourth-order valence-corrected chi connectivity index (χ4v) is 3.69. The van der Waals surface area contributed by atoms with Crippen LogP contribution in [0.5, 0.6) is 11.5 Å². The molecule has 0 unspecified atom stereocenters. The highest BCUT2D eigenvalue weighted by Gasteiger charge is 2.14. The summed E-state index contributed by atoms with van der Waals surface area (Å²) >= 11 is 6.42. The number of nitrogens with one attached hydrogen (secondary N) is 1. The van der Waals surface area contributed by atoms with Crippen LogP contribution in [0.25, 0.3) is 16.9 Å². The topological polar surface area (TPSA) is 91.2 Å². The first kappa shape index (κ1) is 22.5. The van der Waals surface area contributed by atoms with Crippen LogP contribution >= 0.6 is 11.6 Å². The van der Waals surface area contributed by atoms with Crippen molar-refractivity contribution in [2.75, 3.05) is 19.8 Å². The largest absolute Gasteiger partial charge is 0.490 e. The molecule has 0 radical (unpaired) electrons. The second-order valence-electron chi connectivity index (χ2n) is 7.16. The molecule has 1 amide bonds. The molecule has 0 atom stereocenters. The Morgan fingerprint density at radius 2 is 1.88 bits per heavy atom. The minimum Gasteiger partial charge on any atom is -0.490 e. The van der Waals surface area contributed by atoms with Gasteiger partial charge in [0.1, 0.15) is 5.52 Å². The van der Waals surface area contributed by atoms with Crippen LogP contribution in [0.15, 0.2) is 54.7 Å². The summed E-state index contributed by atoms with van der Waals surface area (Å²) in [5.41, 5.74) is 3.40. The average molecular weight is 466 g/mol. The molecule has 9 heteroatoms. The van der Waals surface area contributed by atoms with Crippen LogP contribution < -0.4 is 14.8 Å². The number of nitrogens with zero attached hydrogens (tertiary/aromatic N) is 4. The summed E-state index contributed by atoms with van der Waals surface area (Å²) in [6.07, 6.45) is 2.32. The number of halogens is 1. The highest BCUT2D eigenvalue weighted by molar-refractivity contribution is 6.34. The van der Waals surface area contributed by atoms with Crippen molar-refractivity contribution in [3.8, 4) is 17.2 Å². The van der Waals surface area contributed by atoms with Gasteiger partial charge in [0.2, 0.25) is 0 Å². The van der Waals surface area contributed by atoms with Crippen molar-refractivity contribution < 1.29 is 14.3 Å². The van der Waals surface area contributed by atoms with Crippen LogP contribution in [0.3, 0.4) is 0 Å². The van der Waals surface area contributed by atoms with E-state index in [0.29, 0.717) is 59.4 Å². The quantitative estimate of drug-likeness (QED) is 0.397. The van der Waals surface area contributed by atoms with E-state index in [-0.39, 0.29) is 5.91 Å². The first-order chi connectivity index (χ1) is 16.1. The smallest absolute Gasteiger partial charge is 0.252 e. The Morgan fingerprint density at radius 1 is 1.06 bits per heavy atom. The van der Waals surface area contributed by atoms with Crippen LogP contribution in [0.1, 0.15) is 29.8 Å². The van der Waals surface area contributed by atoms with Gasteiger partial charge in [-0.1, -0.05) is 22.9 Å². The van der Waals surface area contributed by atoms with Gasteiger partial charge in [0.15, 0.2) is 17.1 Å². The maximum absolute atomic E-state index is 12.7. The number of carbonyl (C=O) groups is 1. The van der Waals surface area contributed by atoms with Gasteiger partial charge < -0.3 is 14.8 Å². The number of ether oxygens (including phenoxy) is 2. The van der Waals surface area contributed by atoms with Crippen molar-refractivity contribution in [2.24, 2.45) is 0 Å². The fraction of sp³-hybridized carbons (Fsp3) is 0.250. The maximum Gasteiger partial charge on any atom is 0.252 e. The molecule has 0 fully saturated rings. The van der Waals surface area contributed by atoms with E-state index >= 15 is 0 Å². The molecule has 0 saturated heterocycles. The maximum atomic E-state index is 12.7. The number of carbonyl (C=O) groups excluding carboxylic acids is 1. The fourth-order valence-electron chi connectivity index (χ4n) is 3.43. The molecular weight excluding hydrogens is 442 g/mol. The summed E-state index contributed by atoms with van der Waals surface area (Å²) in [5.74, 6) is 1.18. The lowest BCUT2D eigenvalue weighted by Crippen LogP contribution is -2.26. The summed E-state index contributed by atoms with van der Waals surface area (Å²) in [6, 6.07) is 14.6. The monoisotopic (exact) mass is 465 g/mol. The van der Waals surface area contributed by atoms with Gasteiger partial charge in [-0.15, -0.1) is 5.10 Å².